The fourth-order valence-corrected chi connectivity index (χ4v) is 8.61. The van der Waals surface area contributed by atoms with Crippen molar-refractivity contribution in [2.45, 2.75) is 51.1 Å². The molecule has 2 amide bonds. The normalized spacial score (nSPS) is 27.2. The average Bonchev–Trinajstić information content (AvgIpc) is 3.30. The first-order valence-electron chi connectivity index (χ1n) is 15.8. The summed E-state index contributed by atoms with van der Waals surface area (Å²) in [6, 6.07) is 15.3. The fourth-order valence-electron chi connectivity index (χ4n) is 8.17. The third-order valence-electron chi connectivity index (χ3n) is 10.2. The first-order valence-corrected chi connectivity index (χ1v) is 16.5. The Morgan fingerprint density at radius 1 is 0.956 bits per heavy atom. The second-order valence-electron chi connectivity index (χ2n) is 12.6. The molecule has 0 radical (unpaired) electrons. The molecule has 3 aliphatic carbocycles. The number of ketones is 2. The lowest BCUT2D eigenvalue weighted by molar-refractivity contribution is -0.144. The highest BCUT2D eigenvalue weighted by atomic mass is 79.9. The van der Waals surface area contributed by atoms with Gasteiger partial charge in [-0.1, -0.05) is 54.1 Å². The molecular formula is C36H35BrN2O6. The molecule has 2 aromatic carbocycles. The summed E-state index contributed by atoms with van der Waals surface area (Å²) in [6.07, 6.45) is 5.28. The van der Waals surface area contributed by atoms with E-state index in [1.54, 1.807) is 18.2 Å². The molecule has 9 heteroatoms. The van der Waals surface area contributed by atoms with Crippen LogP contribution in [0.4, 0.5) is 0 Å². The first kappa shape index (κ1) is 29.9. The van der Waals surface area contributed by atoms with Crippen LogP contribution < -0.4 is 4.74 Å². The summed E-state index contributed by atoms with van der Waals surface area (Å²) in [5, 5.41) is 11.3. The van der Waals surface area contributed by atoms with Crippen LogP contribution in [0.15, 0.2) is 81.9 Å². The third kappa shape index (κ3) is 5.00. The fraction of sp³-hybridized carbons (Fsp3) is 0.389. The van der Waals surface area contributed by atoms with Crippen LogP contribution in [0.1, 0.15) is 49.7 Å². The minimum Gasteiger partial charge on any atom is -0.504 e. The van der Waals surface area contributed by atoms with Gasteiger partial charge in [0.05, 0.1) is 22.9 Å². The lowest BCUT2D eigenvalue weighted by atomic mass is 9.59. The van der Waals surface area contributed by atoms with Crippen LogP contribution in [0.5, 0.6) is 11.5 Å². The smallest absolute Gasteiger partial charge is 0.233 e. The van der Waals surface area contributed by atoms with E-state index in [0.717, 1.165) is 38.0 Å². The van der Waals surface area contributed by atoms with E-state index < -0.39 is 23.7 Å². The minimum atomic E-state index is -0.730. The van der Waals surface area contributed by atoms with Crippen LogP contribution in [-0.4, -0.2) is 64.0 Å². The number of fused-ring (bicyclic) bond motifs is 3. The highest BCUT2D eigenvalue weighted by molar-refractivity contribution is 9.12. The SMILES string of the molecule is CCOc1cccc([C@H]2C3=CC[C@@H]4C(=O)N(C5CCN(Cc6ccccc6)CC5)C(=O)[C@@H]4[C@@H]3CC3=C2C(=O)C=C(Br)C3=O)c1O. The molecule has 8 nitrogen and oxygen atoms in total. The maximum absolute atomic E-state index is 14.3. The largest absolute Gasteiger partial charge is 0.504 e. The lowest BCUT2D eigenvalue weighted by Gasteiger charge is -2.42. The van der Waals surface area contributed by atoms with Crippen LogP contribution in [-0.2, 0) is 25.7 Å². The second-order valence-corrected chi connectivity index (χ2v) is 13.4. The molecular weight excluding hydrogens is 636 g/mol. The van der Waals surface area contributed by atoms with Gasteiger partial charge in [-0.15, -0.1) is 0 Å². The van der Waals surface area contributed by atoms with Crippen molar-refractivity contribution in [3.8, 4) is 11.5 Å². The summed E-state index contributed by atoms with van der Waals surface area (Å²) in [5.41, 5.74) is 3.18. The molecule has 1 N–H and O–H groups in total. The predicted molar refractivity (Wildman–Crippen MR) is 170 cm³/mol. The Hall–Kier alpha value is -3.82. The zero-order valence-corrected chi connectivity index (χ0v) is 26.7. The highest BCUT2D eigenvalue weighted by Crippen LogP contribution is 2.57. The average molecular weight is 672 g/mol. The molecule has 232 valence electrons. The van der Waals surface area contributed by atoms with Gasteiger partial charge < -0.3 is 9.84 Å². The van der Waals surface area contributed by atoms with Gasteiger partial charge in [0, 0.05) is 54.4 Å². The number of ether oxygens (including phenoxy) is 1. The molecule has 2 aromatic rings. The number of likely N-dealkylation sites (tertiary alicyclic amines) is 2. The van der Waals surface area contributed by atoms with E-state index in [0.29, 0.717) is 29.7 Å². The Kier molecular flexibility index (Phi) is 7.86. The number of aromatic hydroxyl groups is 1. The number of phenolic OH excluding ortho intramolecular Hbond substituents is 1. The molecule has 0 spiro atoms. The van der Waals surface area contributed by atoms with Crippen molar-refractivity contribution in [1.82, 2.24) is 9.80 Å². The van der Waals surface area contributed by atoms with E-state index in [9.17, 15) is 24.3 Å². The van der Waals surface area contributed by atoms with Crippen LogP contribution in [0.2, 0.25) is 0 Å². The number of piperidine rings is 1. The van der Waals surface area contributed by atoms with Crippen molar-refractivity contribution < 1.29 is 29.0 Å². The van der Waals surface area contributed by atoms with Crippen molar-refractivity contribution in [1.29, 1.82) is 0 Å². The van der Waals surface area contributed by atoms with Crippen LogP contribution in [0.25, 0.3) is 0 Å². The first-order chi connectivity index (χ1) is 21.8. The van der Waals surface area contributed by atoms with E-state index in [2.05, 4.69) is 33.0 Å². The van der Waals surface area contributed by atoms with Gasteiger partial charge in [0.25, 0.3) is 0 Å². The van der Waals surface area contributed by atoms with Crippen molar-refractivity contribution in [3.05, 3.63) is 93.0 Å². The molecule has 0 aromatic heterocycles. The zero-order chi connectivity index (χ0) is 31.4. The molecule has 0 bridgehead atoms. The maximum Gasteiger partial charge on any atom is 0.233 e. The Morgan fingerprint density at radius 3 is 2.44 bits per heavy atom. The van der Waals surface area contributed by atoms with E-state index in [4.69, 9.17) is 4.74 Å². The second kappa shape index (κ2) is 11.8. The molecule has 2 heterocycles. The topological polar surface area (TPSA) is 104 Å². The number of carbonyl (C=O) groups excluding carboxylic acids is 4. The molecule has 45 heavy (non-hydrogen) atoms. The third-order valence-corrected chi connectivity index (χ3v) is 10.8. The standard InChI is InChI=1S/C36H35BrN2O6/c1-2-45-29-10-6-9-23(34(29)42)30-22-11-12-24-31(25(22)17-26-32(30)28(40)18-27(37)33(26)41)36(44)39(35(24)43)21-13-15-38(16-14-21)19-20-7-4-3-5-8-20/h3-11,18,21,24-25,30-31,42H,2,12-17,19H2,1H3/t24-,25+,30+,31-/m0/s1. The summed E-state index contributed by atoms with van der Waals surface area (Å²) in [4.78, 5) is 59.2. The van der Waals surface area contributed by atoms with Crippen molar-refractivity contribution in [3.63, 3.8) is 0 Å². The number of nitrogens with zero attached hydrogens (tertiary/aromatic N) is 2. The van der Waals surface area contributed by atoms with Gasteiger partial charge >= 0.3 is 0 Å². The maximum atomic E-state index is 14.3. The van der Waals surface area contributed by atoms with Gasteiger partial charge in [-0.05, 0) is 66.1 Å². The summed E-state index contributed by atoms with van der Waals surface area (Å²) >= 11 is 3.27. The predicted octanol–water partition coefficient (Wildman–Crippen LogP) is 5.22. The number of carbonyl (C=O) groups is 4. The number of Topliss-reactive ketones (excluding diaryl/α,β-unsaturated/α-hetero) is 1. The summed E-state index contributed by atoms with van der Waals surface area (Å²) < 4.78 is 5.84. The molecule has 7 rings (SSSR count). The van der Waals surface area contributed by atoms with E-state index in [-0.39, 0.29) is 51.8 Å². The van der Waals surface area contributed by atoms with Gasteiger partial charge in [0.15, 0.2) is 23.1 Å². The molecule has 4 atom stereocenters. The van der Waals surface area contributed by atoms with Crippen LogP contribution in [0, 0.1) is 17.8 Å². The van der Waals surface area contributed by atoms with E-state index in [1.165, 1.54) is 16.5 Å². The number of hydrogen-bond donors (Lipinski definition) is 1. The number of amides is 2. The number of hydrogen-bond acceptors (Lipinski definition) is 7. The Balaban J connectivity index is 1.20. The molecule has 2 saturated heterocycles. The quantitative estimate of drug-likeness (QED) is 0.255. The zero-order valence-electron chi connectivity index (χ0n) is 25.1. The number of benzene rings is 2. The monoisotopic (exact) mass is 670 g/mol. The van der Waals surface area contributed by atoms with Gasteiger partial charge in [0.2, 0.25) is 11.8 Å². The number of imide groups is 1. The van der Waals surface area contributed by atoms with Gasteiger partial charge in [-0.2, -0.15) is 0 Å². The molecule has 2 aliphatic heterocycles. The van der Waals surface area contributed by atoms with Crippen molar-refractivity contribution in [2.24, 2.45) is 17.8 Å². The molecule has 0 saturated carbocycles. The lowest BCUT2D eigenvalue weighted by Crippen LogP contribution is -2.47. The number of para-hydroxylation sites is 1. The molecule has 0 unspecified atom stereocenters. The highest BCUT2D eigenvalue weighted by Gasteiger charge is 2.57. The van der Waals surface area contributed by atoms with Crippen molar-refractivity contribution in [2.75, 3.05) is 19.7 Å². The van der Waals surface area contributed by atoms with E-state index >= 15 is 0 Å². The van der Waals surface area contributed by atoms with E-state index in [1.807, 2.05) is 31.2 Å². The summed E-state index contributed by atoms with van der Waals surface area (Å²) in [6.45, 7) is 4.59. The number of phenols is 1. The summed E-state index contributed by atoms with van der Waals surface area (Å²) in [7, 11) is 0. The van der Waals surface area contributed by atoms with Gasteiger partial charge in [-0.25, -0.2) is 0 Å². The number of allylic oxidation sites excluding steroid dienone is 6. The van der Waals surface area contributed by atoms with Gasteiger partial charge in [-0.3, -0.25) is 29.0 Å². The van der Waals surface area contributed by atoms with Crippen LogP contribution >= 0.6 is 15.9 Å². The Labute approximate surface area is 270 Å². The number of rotatable bonds is 6. The van der Waals surface area contributed by atoms with Gasteiger partial charge in [0.1, 0.15) is 0 Å². The Morgan fingerprint density at radius 2 is 1.71 bits per heavy atom. The summed E-state index contributed by atoms with van der Waals surface area (Å²) in [5.74, 6) is -3.02. The number of halogens is 1. The minimum absolute atomic E-state index is 0.0912. The molecule has 2 fully saturated rings. The van der Waals surface area contributed by atoms with Crippen molar-refractivity contribution >= 4 is 39.3 Å². The molecule has 5 aliphatic rings. The van der Waals surface area contributed by atoms with Crippen LogP contribution in [0.3, 0.4) is 0 Å². The Bertz CT molecular complexity index is 1690.